The fourth-order valence-electron chi connectivity index (χ4n) is 2.36. The first kappa shape index (κ1) is 17.3. The number of ether oxygens (including phenoxy) is 2. The fraction of sp³-hybridized carbons (Fsp3) is 0.471. The SMILES string of the molecule is CN(C)/C=C(/C(=O)O)c1ccc(OCCN2CCOCC2)cc1. The summed E-state index contributed by atoms with van der Waals surface area (Å²) in [6.45, 7) is 4.93. The van der Waals surface area contributed by atoms with Crippen LogP contribution in [0.5, 0.6) is 5.75 Å². The van der Waals surface area contributed by atoms with Gasteiger partial charge in [-0.1, -0.05) is 12.1 Å². The van der Waals surface area contributed by atoms with E-state index in [4.69, 9.17) is 9.47 Å². The number of morpholine rings is 1. The molecule has 1 aromatic rings. The van der Waals surface area contributed by atoms with E-state index < -0.39 is 5.97 Å². The molecule has 1 fully saturated rings. The molecular formula is C17H24N2O4. The first-order valence-corrected chi connectivity index (χ1v) is 7.71. The Kier molecular flexibility index (Phi) is 6.43. The number of aliphatic carboxylic acids is 1. The second-order valence-electron chi connectivity index (χ2n) is 5.64. The van der Waals surface area contributed by atoms with Gasteiger partial charge in [0.2, 0.25) is 0 Å². The van der Waals surface area contributed by atoms with Gasteiger partial charge in [0.1, 0.15) is 12.4 Å². The summed E-state index contributed by atoms with van der Waals surface area (Å²) in [6.07, 6.45) is 1.59. The van der Waals surface area contributed by atoms with Gasteiger partial charge in [-0.15, -0.1) is 0 Å². The van der Waals surface area contributed by atoms with E-state index in [-0.39, 0.29) is 5.57 Å². The number of carboxylic acid groups (broad SMARTS) is 1. The van der Waals surface area contributed by atoms with E-state index in [0.717, 1.165) is 38.6 Å². The number of benzene rings is 1. The molecule has 1 aliphatic rings. The van der Waals surface area contributed by atoms with Crippen molar-refractivity contribution in [1.82, 2.24) is 9.80 Å². The van der Waals surface area contributed by atoms with Crippen molar-refractivity contribution < 1.29 is 19.4 Å². The molecule has 0 spiro atoms. The Morgan fingerprint density at radius 2 is 1.96 bits per heavy atom. The zero-order chi connectivity index (χ0) is 16.7. The quantitative estimate of drug-likeness (QED) is 0.766. The van der Waals surface area contributed by atoms with Gasteiger partial charge < -0.3 is 19.5 Å². The first-order chi connectivity index (χ1) is 11.1. The van der Waals surface area contributed by atoms with Crippen molar-refractivity contribution in [3.8, 4) is 5.75 Å². The van der Waals surface area contributed by atoms with Crippen LogP contribution in [0.25, 0.3) is 5.57 Å². The molecule has 0 saturated carbocycles. The number of hydrogen-bond acceptors (Lipinski definition) is 5. The van der Waals surface area contributed by atoms with Crippen molar-refractivity contribution in [2.24, 2.45) is 0 Å². The molecule has 0 bridgehead atoms. The second-order valence-corrected chi connectivity index (χ2v) is 5.64. The molecule has 6 nitrogen and oxygen atoms in total. The zero-order valence-electron chi connectivity index (χ0n) is 13.7. The average molecular weight is 320 g/mol. The number of carbonyl (C=O) groups is 1. The van der Waals surface area contributed by atoms with Crippen LogP contribution >= 0.6 is 0 Å². The molecule has 1 aliphatic heterocycles. The van der Waals surface area contributed by atoms with Crippen LogP contribution in [0, 0.1) is 0 Å². The van der Waals surface area contributed by atoms with E-state index in [1.807, 2.05) is 0 Å². The summed E-state index contributed by atoms with van der Waals surface area (Å²) in [7, 11) is 3.60. The molecule has 0 unspecified atom stereocenters. The lowest BCUT2D eigenvalue weighted by Crippen LogP contribution is -2.38. The lowest BCUT2D eigenvalue weighted by molar-refractivity contribution is -0.130. The van der Waals surface area contributed by atoms with E-state index in [2.05, 4.69) is 4.90 Å². The summed E-state index contributed by atoms with van der Waals surface area (Å²) < 4.78 is 11.0. The van der Waals surface area contributed by atoms with Gasteiger partial charge in [-0.2, -0.15) is 0 Å². The van der Waals surface area contributed by atoms with Crippen LogP contribution in [0.4, 0.5) is 0 Å². The van der Waals surface area contributed by atoms with Crippen LogP contribution in [0.2, 0.25) is 0 Å². The second kappa shape index (κ2) is 8.55. The van der Waals surface area contributed by atoms with Crippen molar-refractivity contribution in [1.29, 1.82) is 0 Å². The smallest absolute Gasteiger partial charge is 0.337 e. The summed E-state index contributed by atoms with van der Waals surface area (Å²) >= 11 is 0. The van der Waals surface area contributed by atoms with E-state index in [1.165, 1.54) is 0 Å². The van der Waals surface area contributed by atoms with Crippen molar-refractivity contribution in [3.05, 3.63) is 36.0 Å². The molecule has 1 N–H and O–H groups in total. The molecule has 6 heteroatoms. The number of nitrogens with zero attached hydrogens (tertiary/aromatic N) is 2. The molecule has 126 valence electrons. The Balaban J connectivity index is 1.89. The number of carboxylic acids is 1. The molecule has 0 aromatic heterocycles. The summed E-state index contributed by atoms with van der Waals surface area (Å²) in [5, 5.41) is 9.29. The summed E-state index contributed by atoms with van der Waals surface area (Å²) in [4.78, 5) is 15.3. The van der Waals surface area contributed by atoms with Crippen molar-refractivity contribution >= 4 is 11.5 Å². The van der Waals surface area contributed by atoms with Gasteiger partial charge in [-0.3, -0.25) is 4.90 Å². The minimum absolute atomic E-state index is 0.259. The van der Waals surface area contributed by atoms with Gasteiger partial charge in [-0.05, 0) is 17.7 Å². The zero-order valence-corrected chi connectivity index (χ0v) is 13.7. The third-order valence-electron chi connectivity index (χ3n) is 3.56. The standard InChI is InChI=1S/C17H24N2O4/c1-18(2)13-16(17(20)21)14-3-5-15(6-4-14)23-12-9-19-7-10-22-11-8-19/h3-6,13H,7-12H2,1-2H3,(H,20,21)/b16-13+. The molecule has 0 aliphatic carbocycles. The van der Waals surface area contributed by atoms with Crippen LogP contribution in [0.15, 0.2) is 30.5 Å². The Morgan fingerprint density at radius 3 is 2.52 bits per heavy atom. The van der Waals surface area contributed by atoms with E-state index in [1.54, 1.807) is 49.5 Å². The summed E-state index contributed by atoms with van der Waals surface area (Å²) in [5.74, 6) is -0.198. The van der Waals surface area contributed by atoms with Gasteiger partial charge in [0, 0.05) is 39.9 Å². The normalized spacial score (nSPS) is 16.2. The maximum atomic E-state index is 11.3. The third kappa shape index (κ3) is 5.58. The van der Waals surface area contributed by atoms with E-state index in [9.17, 15) is 9.90 Å². The van der Waals surface area contributed by atoms with Crippen molar-refractivity contribution in [2.75, 3.05) is 53.6 Å². The molecule has 1 aromatic carbocycles. The topological polar surface area (TPSA) is 62.2 Å². The monoisotopic (exact) mass is 320 g/mol. The molecule has 0 amide bonds. The summed E-state index contributed by atoms with van der Waals surface area (Å²) in [6, 6.07) is 7.16. The minimum Gasteiger partial charge on any atom is -0.492 e. The van der Waals surface area contributed by atoms with E-state index in [0.29, 0.717) is 12.2 Å². The molecule has 0 radical (unpaired) electrons. The maximum absolute atomic E-state index is 11.3. The van der Waals surface area contributed by atoms with Gasteiger partial charge in [-0.25, -0.2) is 4.79 Å². The average Bonchev–Trinajstić information content (AvgIpc) is 2.54. The molecule has 23 heavy (non-hydrogen) atoms. The Bertz CT molecular complexity index is 534. The predicted octanol–water partition coefficient (Wildman–Crippen LogP) is 1.38. The highest BCUT2D eigenvalue weighted by molar-refractivity contribution is 6.15. The molecular weight excluding hydrogens is 296 g/mol. The molecule has 2 rings (SSSR count). The summed E-state index contributed by atoms with van der Waals surface area (Å²) in [5.41, 5.74) is 0.918. The highest BCUT2D eigenvalue weighted by atomic mass is 16.5. The number of hydrogen-bond donors (Lipinski definition) is 1. The van der Waals surface area contributed by atoms with Gasteiger partial charge in [0.15, 0.2) is 0 Å². The number of rotatable bonds is 7. The van der Waals surface area contributed by atoms with Gasteiger partial charge in [0.25, 0.3) is 0 Å². The molecule has 1 heterocycles. The lowest BCUT2D eigenvalue weighted by Gasteiger charge is -2.26. The van der Waals surface area contributed by atoms with Crippen molar-refractivity contribution in [2.45, 2.75) is 0 Å². The molecule has 0 atom stereocenters. The maximum Gasteiger partial charge on any atom is 0.337 e. The third-order valence-corrected chi connectivity index (χ3v) is 3.56. The van der Waals surface area contributed by atoms with Crippen LogP contribution < -0.4 is 4.74 Å². The van der Waals surface area contributed by atoms with E-state index >= 15 is 0 Å². The van der Waals surface area contributed by atoms with Crippen LogP contribution in [0.3, 0.4) is 0 Å². The highest BCUT2D eigenvalue weighted by Gasteiger charge is 2.12. The highest BCUT2D eigenvalue weighted by Crippen LogP contribution is 2.19. The largest absolute Gasteiger partial charge is 0.492 e. The van der Waals surface area contributed by atoms with Crippen LogP contribution in [0.1, 0.15) is 5.56 Å². The lowest BCUT2D eigenvalue weighted by atomic mass is 10.1. The predicted molar refractivity (Wildman–Crippen MR) is 88.5 cm³/mol. The van der Waals surface area contributed by atoms with Gasteiger partial charge >= 0.3 is 5.97 Å². The Morgan fingerprint density at radius 1 is 1.30 bits per heavy atom. The first-order valence-electron chi connectivity index (χ1n) is 7.71. The Labute approximate surface area is 136 Å². The minimum atomic E-state index is -0.945. The van der Waals surface area contributed by atoms with Crippen molar-refractivity contribution in [3.63, 3.8) is 0 Å². The Hall–Kier alpha value is -2.05. The van der Waals surface area contributed by atoms with Crippen LogP contribution in [-0.2, 0) is 9.53 Å². The molecule has 1 saturated heterocycles. The fourth-order valence-corrected chi connectivity index (χ4v) is 2.36. The van der Waals surface area contributed by atoms with Crippen LogP contribution in [-0.4, -0.2) is 74.4 Å². The van der Waals surface area contributed by atoms with Gasteiger partial charge in [0.05, 0.1) is 18.8 Å².